The van der Waals surface area contributed by atoms with Gasteiger partial charge >= 0.3 is 0 Å². The Morgan fingerprint density at radius 1 is 0.159 bits per heavy atom. The number of hydrogen-bond donors (Lipinski definition) is 0. The van der Waals surface area contributed by atoms with E-state index in [2.05, 4.69) is 425 Å². The first-order valence-corrected chi connectivity index (χ1v) is 44.1. The largest absolute Gasteiger partial charge is 0.246 e. The van der Waals surface area contributed by atoms with Crippen molar-refractivity contribution in [3.05, 3.63) is 449 Å². The molecule has 24 aromatic rings. The summed E-state index contributed by atoms with van der Waals surface area (Å²) in [5.74, 6) is 1.36. The van der Waals surface area contributed by atoms with E-state index in [9.17, 15) is 0 Å². The number of rotatable bonds is 14. The highest BCUT2D eigenvalue weighted by molar-refractivity contribution is 7.27. The predicted octanol–water partition coefficient (Wildman–Crippen LogP) is 32.4. The molecule has 0 fully saturated rings. The smallest absolute Gasteiger partial charge is 0.160 e. The van der Waals surface area contributed by atoms with Gasteiger partial charge in [-0.3, -0.25) is 0 Å². The molecule has 24 rings (SSSR count). The summed E-state index contributed by atoms with van der Waals surface area (Å²) in [6, 6.07) is 159. The summed E-state index contributed by atoms with van der Waals surface area (Å²) >= 11 is 3.66. The third kappa shape index (κ3) is 14.3. The minimum Gasteiger partial charge on any atom is -0.246 e. The lowest BCUT2D eigenvalue weighted by Gasteiger charge is -2.13. The van der Waals surface area contributed by atoms with Crippen LogP contribution in [0.3, 0.4) is 0 Å². The Morgan fingerprint density at radius 2 is 0.444 bits per heavy atom. The fourth-order valence-electron chi connectivity index (χ4n) is 17.9. The second kappa shape index (κ2) is 32.4. The van der Waals surface area contributed by atoms with Crippen molar-refractivity contribution in [2.24, 2.45) is 0 Å². The van der Waals surface area contributed by atoms with E-state index in [4.69, 9.17) is 29.9 Å². The molecule has 0 aliphatic carbocycles. The van der Waals surface area contributed by atoms with Crippen LogP contribution in [-0.4, -0.2) is 29.9 Å². The van der Waals surface area contributed by atoms with Crippen LogP contribution in [0.15, 0.2) is 449 Å². The zero-order chi connectivity index (χ0) is 83.4. The highest BCUT2D eigenvalue weighted by atomic mass is 32.1. The number of fused-ring (bicyclic) bond motifs is 12. The van der Waals surface area contributed by atoms with E-state index in [0.29, 0.717) is 11.6 Å². The van der Waals surface area contributed by atoms with Crippen molar-refractivity contribution < 1.29 is 0 Å². The molecule has 0 radical (unpaired) electrons. The SMILES string of the molecule is c1ccc(-c2ccc(-c3cc(-c4ccc(-c5ccccc5)cc4)nc(-c4cccc(-c5ccc6nc(-c7cccc8ccccc78)c7sc8ccccc8c7c6c5)c4)n3)cc2)cc1.c1ccc(-c2ccc(-c3cc(-c4ccccc4)nc(-c4cccc(-c5cccc(-c6ccc7c(c6)nc(-c6cccc8ccccc68)c6sc8ccccc8c67)c5)c4)n3)cc2)cc1. The van der Waals surface area contributed by atoms with Gasteiger partial charge in [0.05, 0.1) is 54.6 Å². The first kappa shape index (κ1) is 74.9. The third-order valence-corrected chi connectivity index (χ3v) is 26.6. The molecule has 6 heterocycles. The Balaban J connectivity index is 0.000000145. The summed E-state index contributed by atoms with van der Waals surface area (Å²) in [5, 5.41) is 12.2. The molecule has 0 aliphatic heterocycles. The van der Waals surface area contributed by atoms with E-state index in [1.165, 1.54) is 101 Å². The van der Waals surface area contributed by atoms with Crippen molar-refractivity contribution in [3.8, 4) is 157 Å². The Morgan fingerprint density at radius 3 is 0.881 bits per heavy atom. The topological polar surface area (TPSA) is 77.3 Å². The molecule has 0 unspecified atom stereocenters. The van der Waals surface area contributed by atoms with Gasteiger partial charge in [-0.1, -0.05) is 388 Å². The lowest BCUT2D eigenvalue weighted by molar-refractivity contribution is 1.18. The first-order chi connectivity index (χ1) is 62.4. The van der Waals surface area contributed by atoms with Gasteiger partial charge in [0.2, 0.25) is 0 Å². The van der Waals surface area contributed by atoms with Crippen LogP contribution in [0.4, 0.5) is 0 Å². The Hall–Kier alpha value is -16.1. The van der Waals surface area contributed by atoms with E-state index < -0.39 is 0 Å². The van der Waals surface area contributed by atoms with Crippen LogP contribution in [-0.2, 0) is 0 Å². The minimum atomic E-state index is 0.678. The standard InChI is InChI=1S/2C59H37N3S/c1-3-14-38(15-4-1)39-28-30-42(31-29-39)53-37-52(41-17-5-2-6-18-41)61-59(62-53)47-23-12-22-45(35-47)43-20-11-21-44(34-43)46-32-33-50-54(36-46)60-57(49-26-13-19-40-16-7-8-24-48(40)49)58-56(50)51-25-9-10-27-55(51)63-58;1-3-13-38(14-4-1)40-25-29-43(30-26-40)53-37-54(44-31-27-41(28-32-44)39-15-5-2-6-16-39)62-59(61-53)47-20-11-19-45(35-47)46-33-34-52-51(36-46)56-50-22-9-10-24-55(50)63-58(56)57(60-52)49-23-12-18-42-17-7-8-21-48(42)49/h2*1-37H. The number of benzene rings is 18. The molecule has 0 aliphatic rings. The van der Waals surface area contributed by atoms with E-state index in [1.54, 1.807) is 0 Å². The molecule has 588 valence electrons. The van der Waals surface area contributed by atoms with E-state index in [-0.39, 0.29) is 0 Å². The molecule has 18 aromatic carbocycles. The molecule has 0 amide bonds. The molecule has 8 heteroatoms. The van der Waals surface area contributed by atoms with Crippen LogP contribution >= 0.6 is 22.7 Å². The van der Waals surface area contributed by atoms with Gasteiger partial charge in [-0.05, 0) is 149 Å². The molecule has 0 saturated carbocycles. The van der Waals surface area contributed by atoms with Crippen molar-refractivity contribution in [2.45, 2.75) is 0 Å². The van der Waals surface area contributed by atoms with Gasteiger partial charge in [0.25, 0.3) is 0 Å². The quantitative estimate of drug-likeness (QED) is 0.108. The van der Waals surface area contributed by atoms with Crippen molar-refractivity contribution in [3.63, 3.8) is 0 Å². The molecule has 126 heavy (non-hydrogen) atoms. The maximum absolute atomic E-state index is 5.50. The summed E-state index contributed by atoms with van der Waals surface area (Å²) in [6.45, 7) is 0. The van der Waals surface area contributed by atoms with Crippen LogP contribution in [0, 0.1) is 0 Å². The van der Waals surface area contributed by atoms with Crippen molar-refractivity contribution in [2.75, 3.05) is 0 Å². The first-order valence-electron chi connectivity index (χ1n) is 42.5. The number of pyridine rings is 2. The Labute approximate surface area is 736 Å². The normalized spacial score (nSPS) is 11.5. The maximum Gasteiger partial charge on any atom is 0.160 e. The summed E-state index contributed by atoms with van der Waals surface area (Å²) < 4.78 is 4.96. The second-order valence-electron chi connectivity index (χ2n) is 31.9. The summed E-state index contributed by atoms with van der Waals surface area (Å²) in [7, 11) is 0. The Kier molecular flexibility index (Phi) is 19.2. The van der Waals surface area contributed by atoms with Crippen molar-refractivity contribution in [1.82, 2.24) is 29.9 Å². The van der Waals surface area contributed by atoms with Gasteiger partial charge in [0, 0.05) is 86.2 Å². The highest BCUT2D eigenvalue weighted by Gasteiger charge is 2.23. The lowest BCUT2D eigenvalue weighted by Crippen LogP contribution is -1.96. The number of hydrogen-bond acceptors (Lipinski definition) is 8. The average Bonchev–Trinajstić information content (AvgIpc) is 1.55. The zero-order valence-electron chi connectivity index (χ0n) is 68.2. The summed E-state index contributed by atoms with van der Waals surface area (Å²) in [5.41, 5.74) is 29.7. The summed E-state index contributed by atoms with van der Waals surface area (Å²) in [6.07, 6.45) is 0. The van der Waals surface area contributed by atoms with Gasteiger partial charge in [-0.25, -0.2) is 29.9 Å². The zero-order valence-corrected chi connectivity index (χ0v) is 69.9. The monoisotopic (exact) mass is 1640 g/mol. The average molecular weight is 1640 g/mol. The molecule has 0 bridgehead atoms. The van der Waals surface area contributed by atoms with E-state index >= 15 is 0 Å². The van der Waals surface area contributed by atoms with E-state index in [1.807, 2.05) is 46.9 Å². The van der Waals surface area contributed by atoms with E-state index in [0.717, 1.165) is 128 Å². The van der Waals surface area contributed by atoms with Gasteiger partial charge in [0.1, 0.15) is 0 Å². The lowest BCUT2D eigenvalue weighted by atomic mass is 9.95. The van der Waals surface area contributed by atoms with Crippen molar-refractivity contribution >= 4 is 106 Å². The molecule has 6 aromatic heterocycles. The van der Waals surface area contributed by atoms with Crippen molar-refractivity contribution in [1.29, 1.82) is 0 Å². The fourth-order valence-corrected chi connectivity index (χ4v) is 20.3. The minimum absolute atomic E-state index is 0.678. The van der Waals surface area contributed by atoms with Crippen LogP contribution in [0.25, 0.3) is 241 Å². The van der Waals surface area contributed by atoms with Crippen LogP contribution in [0.1, 0.15) is 0 Å². The molecular weight excluding hydrogens is 1570 g/mol. The molecule has 0 spiro atoms. The van der Waals surface area contributed by atoms with Crippen LogP contribution in [0.5, 0.6) is 0 Å². The van der Waals surface area contributed by atoms with Crippen LogP contribution in [0.2, 0.25) is 0 Å². The fraction of sp³-hybridized carbons (Fsp3) is 0. The van der Waals surface area contributed by atoms with Gasteiger partial charge in [-0.2, -0.15) is 0 Å². The maximum atomic E-state index is 5.50. The molecule has 6 nitrogen and oxygen atoms in total. The molecule has 0 N–H and O–H groups in total. The third-order valence-electron chi connectivity index (χ3n) is 24.2. The molecule has 0 atom stereocenters. The van der Waals surface area contributed by atoms with Gasteiger partial charge in [0.15, 0.2) is 11.6 Å². The molecular formula is C118H74N6S2. The van der Waals surface area contributed by atoms with Gasteiger partial charge in [-0.15, -0.1) is 22.7 Å². The van der Waals surface area contributed by atoms with Gasteiger partial charge < -0.3 is 0 Å². The second-order valence-corrected chi connectivity index (χ2v) is 34.0. The number of thiophene rings is 2. The number of nitrogens with zero attached hydrogens (tertiary/aromatic N) is 6. The predicted molar refractivity (Wildman–Crippen MR) is 532 cm³/mol. The number of aromatic nitrogens is 6. The highest BCUT2D eigenvalue weighted by Crippen LogP contribution is 2.48. The summed E-state index contributed by atoms with van der Waals surface area (Å²) in [4.78, 5) is 31.8. The molecule has 0 saturated heterocycles. The Bertz CT molecular complexity index is 8190. The van der Waals surface area contributed by atoms with Crippen LogP contribution < -0.4 is 0 Å².